The van der Waals surface area contributed by atoms with Crippen LogP contribution in [0, 0.1) is 6.92 Å². The summed E-state index contributed by atoms with van der Waals surface area (Å²) >= 11 is 0. The molecular formula is C7H11O3+. The van der Waals surface area contributed by atoms with Gasteiger partial charge in [0.05, 0.1) is 6.61 Å². The highest BCUT2D eigenvalue weighted by atomic mass is 16.6. The van der Waals surface area contributed by atoms with E-state index >= 15 is 0 Å². The molecule has 0 amide bonds. The predicted molar refractivity (Wildman–Crippen MR) is 37.1 cm³/mol. The van der Waals surface area contributed by atoms with Crippen molar-refractivity contribution in [1.29, 1.82) is 0 Å². The number of ether oxygens (including phenoxy) is 2. The molecule has 0 rings (SSSR count). The standard InChI is InChI=1S/C7H11O3/c1-4-9-6(3)7(8)10-5-2/h1,3-5H2,2H3/q+1. The van der Waals surface area contributed by atoms with E-state index in [9.17, 15) is 4.79 Å². The first-order valence-electron chi connectivity index (χ1n) is 3.00. The molecule has 0 bridgehead atoms. The van der Waals surface area contributed by atoms with E-state index < -0.39 is 5.97 Å². The highest BCUT2D eigenvalue weighted by Gasteiger charge is 2.07. The average molecular weight is 143 g/mol. The molecule has 0 aromatic heterocycles. The summed E-state index contributed by atoms with van der Waals surface area (Å²) in [6, 6.07) is 0. The third-order valence-electron chi connectivity index (χ3n) is 0.779. The monoisotopic (exact) mass is 143 g/mol. The fourth-order valence-electron chi connectivity index (χ4n) is 0.394. The third kappa shape index (κ3) is 3.02. The Bertz CT molecular complexity index is 113. The molecule has 3 nitrogen and oxygen atoms in total. The molecule has 0 spiro atoms. The summed E-state index contributed by atoms with van der Waals surface area (Å²) in [5.74, 6) is -0.511. The van der Waals surface area contributed by atoms with E-state index in [0.29, 0.717) is 6.61 Å². The maximum absolute atomic E-state index is 10.7. The van der Waals surface area contributed by atoms with Crippen LogP contribution in [0.4, 0.5) is 0 Å². The zero-order valence-electron chi connectivity index (χ0n) is 6.05. The molecule has 0 aromatic carbocycles. The molecule has 0 aliphatic rings. The Labute approximate surface area is 60.6 Å². The Morgan fingerprint density at radius 1 is 1.60 bits per heavy atom. The maximum Gasteiger partial charge on any atom is 0.373 e. The highest BCUT2D eigenvalue weighted by molar-refractivity contribution is 5.85. The van der Waals surface area contributed by atoms with Crippen LogP contribution in [0.15, 0.2) is 12.3 Å². The lowest BCUT2D eigenvalue weighted by atomic mass is 10.5. The van der Waals surface area contributed by atoms with Crippen molar-refractivity contribution in [1.82, 2.24) is 0 Å². The second-order valence-electron chi connectivity index (χ2n) is 1.49. The van der Waals surface area contributed by atoms with Crippen molar-refractivity contribution in [2.75, 3.05) is 13.2 Å². The van der Waals surface area contributed by atoms with Gasteiger partial charge in [-0.25, -0.2) is 4.79 Å². The van der Waals surface area contributed by atoms with Crippen molar-refractivity contribution >= 4 is 5.97 Å². The van der Waals surface area contributed by atoms with Crippen LogP contribution >= 0.6 is 0 Å². The van der Waals surface area contributed by atoms with Gasteiger partial charge >= 0.3 is 5.97 Å². The van der Waals surface area contributed by atoms with Crippen LogP contribution in [0.25, 0.3) is 0 Å². The van der Waals surface area contributed by atoms with E-state index in [1.165, 1.54) is 0 Å². The van der Waals surface area contributed by atoms with Gasteiger partial charge in [-0.15, -0.1) is 0 Å². The smallest absolute Gasteiger partial charge is 0.373 e. The molecule has 0 atom stereocenters. The number of esters is 1. The van der Waals surface area contributed by atoms with E-state index in [2.05, 4.69) is 23.0 Å². The summed E-state index contributed by atoms with van der Waals surface area (Å²) in [4.78, 5) is 10.7. The third-order valence-corrected chi connectivity index (χ3v) is 0.779. The van der Waals surface area contributed by atoms with E-state index in [0.717, 1.165) is 0 Å². The van der Waals surface area contributed by atoms with Gasteiger partial charge < -0.3 is 9.47 Å². The molecular weight excluding hydrogens is 132 g/mol. The molecule has 0 heterocycles. The molecule has 56 valence electrons. The minimum atomic E-state index is -0.522. The molecule has 0 saturated carbocycles. The fourth-order valence-corrected chi connectivity index (χ4v) is 0.394. The Hall–Kier alpha value is -1.12. The van der Waals surface area contributed by atoms with Crippen LogP contribution < -0.4 is 0 Å². The lowest BCUT2D eigenvalue weighted by molar-refractivity contribution is -0.142. The minimum absolute atomic E-state index is 0.0110. The molecule has 10 heavy (non-hydrogen) atoms. The zero-order valence-corrected chi connectivity index (χ0v) is 6.05. The molecule has 0 aromatic rings. The van der Waals surface area contributed by atoms with Gasteiger partial charge in [-0.05, 0) is 13.5 Å². The Kier molecular flexibility index (Phi) is 4.20. The van der Waals surface area contributed by atoms with E-state index in [1.807, 2.05) is 0 Å². The van der Waals surface area contributed by atoms with E-state index in [4.69, 9.17) is 0 Å². The summed E-state index contributed by atoms with van der Waals surface area (Å²) in [6.45, 7) is 8.94. The van der Waals surface area contributed by atoms with Gasteiger partial charge in [0.2, 0.25) is 12.4 Å². The SMILES string of the molecule is C=C(OC[CH2+])C(=O)OCC. The van der Waals surface area contributed by atoms with Crippen molar-refractivity contribution in [2.24, 2.45) is 0 Å². The molecule has 0 saturated heterocycles. The Balaban J connectivity index is 3.60. The van der Waals surface area contributed by atoms with Gasteiger partial charge in [-0.1, -0.05) is 0 Å². The molecule has 0 N–H and O–H groups in total. The van der Waals surface area contributed by atoms with Crippen LogP contribution in [0.2, 0.25) is 0 Å². The first-order valence-corrected chi connectivity index (χ1v) is 3.00. The van der Waals surface area contributed by atoms with Crippen LogP contribution in [0.3, 0.4) is 0 Å². The topological polar surface area (TPSA) is 35.5 Å². The Morgan fingerprint density at radius 3 is 2.60 bits per heavy atom. The summed E-state index contributed by atoms with van der Waals surface area (Å²) < 4.78 is 9.24. The molecule has 0 fully saturated rings. The van der Waals surface area contributed by atoms with Crippen LogP contribution in [-0.2, 0) is 14.3 Å². The van der Waals surface area contributed by atoms with Gasteiger partial charge in [-0.3, -0.25) is 0 Å². The number of hydrogen-bond donors (Lipinski definition) is 0. The van der Waals surface area contributed by atoms with Gasteiger partial charge in [0, 0.05) is 0 Å². The summed E-state index contributed by atoms with van der Waals surface area (Å²) in [5, 5.41) is 0. The van der Waals surface area contributed by atoms with Crippen molar-refractivity contribution < 1.29 is 14.3 Å². The molecule has 3 heteroatoms. The quantitative estimate of drug-likeness (QED) is 0.254. The molecule has 0 aliphatic carbocycles. The lowest BCUT2D eigenvalue weighted by Crippen LogP contribution is -2.09. The largest absolute Gasteiger partial charge is 0.460 e. The highest BCUT2D eigenvalue weighted by Crippen LogP contribution is 1.95. The molecule has 0 unspecified atom stereocenters. The van der Waals surface area contributed by atoms with E-state index in [1.54, 1.807) is 6.92 Å². The van der Waals surface area contributed by atoms with Crippen LogP contribution in [-0.4, -0.2) is 19.2 Å². The van der Waals surface area contributed by atoms with Crippen LogP contribution in [0.5, 0.6) is 0 Å². The number of carbonyl (C=O) groups is 1. The summed E-state index contributed by atoms with van der Waals surface area (Å²) in [7, 11) is 0. The average Bonchev–Trinajstić information content (AvgIpc) is 1.89. The molecule has 0 radical (unpaired) electrons. The van der Waals surface area contributed by atoms with Gasteiger partial charge in [0.25, 0.3) is 0 Å². The van der Waals surface area contributed by atoms with Gasteiger partial charge in [0.1, 0.15) is 6.92 Å². The summed E-state index contributed by atoms with van der Waals surface area (Å²) in [6.07, 6.45) is 0. The van der Waals surface area contributed by atoms with Crippen molar-refractivity contribution in [2.45, 2.75) is 6.92 Å². The number of hydrogen-bond acceptors (Lipinski definition) is 3. The normalized spacial score (nSPS) is 8.50. The van der Waals surface area contributed by atoms with E-state index in [-0.39, 0.29) is 12.4 Å². The molecule has 0 aliphatic heterocycles. The first-order chi connectivity index (χ1) is 4.72. The first kappa shape index (κ1) is 8.88. The van der Waals surface area contributed by atoms with Crippen molar-refractivity contribution in [3.05, 3.63) is 19.3 Å². The second-order valence-corrected chi connectivity index (χ2v) is 1.49. The number of rotatable bonds is 4. The summed E-state index contributed by atoms with van der Waals surface area (Å²) in [5.41, 5.74) is 0. The minimum Gasteiger partial charge on any atom is -0.460 e. The lowest BCUT2D eigenvalue weighted by Gasteiger charge is -2.02. The van der Waals surface area contributed by atoms with Gasteiger partial charge in [-0.2, -0.15) is 0 Å². The Morgan fingerprint density at radius 2 is 2.20 bits per heavy atom. The fraction of sp³-hybridized carbons (Fsp3) is 0.429. The van der Waals surface area contributed by atoms with Crippen molar-refractivity contribution in [3.63, 3.8) is 0 Å². The second kappa shape index (κ2) is 4.73. The maximum atomic E-state index is 10.7. The zero-order chi connectivity index (χ0) is 7.98. The van der Waals surface area contributed by atoms with Crippen molar-refractivity contribution in [3.8, 4) is 0 Å². The predicted octanol–water partition coefficient (Wildman–Crippen LogP) is 0.914. The van der Waals surface area contributed by atoms with Crippen LogP contribution in [0.1, 0.15) is 6.92 Å². The van der Waals surface area contributed by atoms with Gasteiger partial charge in [0.15, 0.2) is 0 Å². The number of carbonyl (C=O) groups excluding carboxylic acids is 1.